The first kappa shape index (κ1) is 19.6. The number of benzene rings is 2. The third kappa shape index (κ3) is 6.49. The van der Waals surface area contributed by atoms with Crippen LogP contribution in [0.5, 0.6) is 0 Å². The van der Waals surface area contributed by atoms with Gasteiger partial charge in [-0.1, -0.05) is 55.8 Å². The molecule has 0 atom stereocenters. The van der Waals surface area contributed by atoms with E-state index in [1.807, 2.05) is 12.1 Å². The molecule has 1 saturated heterocycles. The summed E-state index contributed by atoms with van der Waals surface area (Å²) >= 11 is 0. The minimum Gasteiger partial charge on any atom is -0.322 e. The molecule has 1 aliphatic heterocycles. The molecule has 0 aromatic heterocycles. The van der Waals surface area contributed by atoms with Crippen LogP contribution in [0.25, 0.3) is 0 Å². The minimum atomic E-state index is 0.123. The number of unbranched alkanes of at least 4 members (excludes halogenated alkanes) is 1. The second-order valence-electron chi connectivity index (χ2n) is 7.69. The zero-order chi connectivity index (χ0) is 18.9. The molecule has 4 nitrogen and oxygen atoms in total. The molecule has 1 amide bonds. The number of quaternary nitrogens is 2. The zero-order valence-electron chi connectivity index (χ0n) is 16.5. The highest BCUT2D eigenvalue weighted by atomic mass is 16.2. The summed E-state index contributed by atoms with van der Waals surface area (Å²) in [6.07, 6.45) is 3.54. The molecule has 0 bridgehead atoms. The van der Waals surface area contributed by atoms with Gasteiger partial charge in [0.25, 0.3) is 5.91 Å². The molecule has 0 spiro atoms. The molecule has 3 rings (SSSR count). The van der Waals surface area contributed by atoms with Crippen molar-refractivity contribution in [3.63, 3.8) is 0 Å². The number of anilines is 1. The van der Waals surface area contributed by atoms with Crippen molar-refractivity contribution >= 4 is 11.6 Å². The van der Waals surface area contributed by atoms with Crippen molar-refractivity contribution in [3.8, 4) is 0 Å². The van der Waals surface area contributed by atoms with E-state index in [2.05, 4.69) is 54.7 Å². The molecule has 144 valence electrons. The summed E-state index contributed by atoms with van der Waals surface area (Å²) in [6, 6.07) is 19.0. The molecule has 1 heterocycles. The SMILES string of the molecule is CCCCc1ccc(NC(=O)C[NH+]2CC[NH+](Cc3ccccc3)CC2)cc1. The Morgan fingerprint density at radius 3 is 2.22 bits per heavy atom. The van der Waals surface area contributed by atoms with E-state index in [4.69, 9.17) is 0 Å². The highest BCUT2D eigenvalue weighted by Gasteiger charge is 2.24. The van der Waals surface area contributed by atoms with Crippen LogP contribution in [0.4, 0.5) is 5.69 Å². The number of carbonyl (C=O) groups is 1. The second kappa shape index (κ2) is 10.2. The number of aryl methyl sites for hydroxylation is 1. The Kier molecular flexibility index (Phi) is 7.43. The molecule has 0 saturated carbocycles. The van der Waals surface area contributed by atoms with Crippen molar-refractivity contribution in [1.29, 1.82) is 0 Å². The van der Waals surface area contributed by atoms with E-state index in [0.29, 0.717) is 6.54 Å². The van der Waals surface area contributed by atoms with Crippen LogP contribution in [0.2, 0.25) is 0 Å². The van der Waals surface area contributed by atoms with Crippen molar-refractivity contribution in [2.24, 2.45) is 0 Å². The summed E-state index contributed by atoms with van der Waals surface area (Å²) in [5.74, 6) is 0.123. The fourth-order valence-electron chi connectivity index (χ4n) is 3.76. The molecule has 2 aromatic carbocycles. The van der Waals surface area contributed by atoms with E-state index in [0.717, 1.165) is 44.8 Å². The smallest absolute Gasteiger partial charge is 0.279 e. The molecule has 1 aliphatic rings. The largest absolute Gasteiger partial charge is 0.322 e. The highest BCUT2D eigenvalue weighted by Crippen LogP contribution is 2.11. The highest BCUT2D eigenvalue weighted by molar-refractivity contribution is 5.91. The average Bonchev–Trinajstić information content (AvgIpc) is 2.70. The standard InChI is InChI=1S/C23H31N3O/c1-2-3-7-20-10-12-22(13-11-20)24-23(27)19-26-16-14-25(15-17-26)18-21-8-5-4-6-9-21/h4-6,8-13H,2-3,7,14-19H2,1H3,(H,24,27)/p+2. The Morgan fingerprint density at radius 1 is 0.889 bits per heavy atom. The van der Waals surface area contributed by atoms with Crippen molar-refractivity contribution < 1.29 is 14.6 Å². The van der Waals surface area contributed by atoms with Crippen LogP contribution in [-0.4, -0.2) is 38.6 Å². The maximum absolute atomic E-state index is 12.4. The van der Waals surface area contributed by atoms with Gasteiger partial charge in [-0.3, -0.25) is 4.79 Å². The van der Waals surface area contributed by atoms with Crippen LogP contribution in [-0.2, 0) is 17.8 Å². The van der Waals surface area contributed by atoms with E-state index in [-0.39, 0.29) is 5.91 Å². The van der Waals surface area contributed by atoms with Gasteiger partial charge in [-0.05, 0) is 30.5 Å². The molecule has 1 fully saturated rings. The summed E-state index contributed by atoms with van der Waals surface area (Å²) in [4.78, 5) is 15.4. The van der Waals surface area contributed by atoms with Gasteiger partial charge in [-0.15, -0.1) is 0 Å². The Morgan fingerprint density at radius 2 is 1.56 bits per heavy atom. The Balaban J connectivity index is 1.39. The third-order valence-electron chi connectivity index (χ3n) is 5.43. The van der Waals surface area contributed by atoms with Crippen LogP contribution in [0, 0.1) is 0 Å². The van der Waals surface area contributed by atoms with Crippen molar-refractivity contribution in [3.05, 3.63) is 65.7 Å². The number of piperazine rings is 1. The van der Waals surface area contributed by atoms with Gasteiger partial charge < -0.3 is 15.1 Å². The first-order chi connectivity index (χ1) is 13.2. The summed E-state index contributed by atoms with van der Waals surface area (Å²) in [6.45, 7) is 8.24. The normalized spacial score (nSPS) is 19.6. The number of hydrogen-bond acceptors (Lipinski definition) is 1. The fraction of sp³-hybridized carbons (Fsp3) is 0.435. The van der Waals surface area contributed by atoms with Gasteiger partial charge in [0.1, 0.15) is 32.7 Å². The summed E-state index contributed by atoms with van der Waals surface area (Å²) in [5.41, 5.74) is 3.65. The quantitative estimate of drug-likeness (QED) is 0.639. The average molecular weight is 368 g/mol. The number of amides is 1. The molecule has 3 N–H and O–H groups in total. The monoisotopic (exact) mass is 367 g/mol. The number of hydrogen-bond donors (Lipinski definition) is 3. The van der Waals surface area contributed by atoms with Crippen LogP contribution in [0.1, 0.15) is 30.9 Å². The topological polar surface area (TPSA) is 38.0 Å². The predicted molar refractivity (Wildman–Crippen MR) is 110 cm³/mol. The minimum absolute atomic E-state index is 0.123. The molecular formula is C23H33N3O+2. The van der Waals surface area contributed by atoms with E-state index in [9.17, 15) is 4.79 Å². The van der Waals surface area contributed by atoms with Crippen molar-refractivity contribution in [2.75, 3.05) is 38.0 Å². The van der Waals surface area contributed by atoms with E-state index in [1.165, 1.54) is 28.9 Å². The predicted octanol–water partition coefficient (Wildman–Crippen LogP) is 0.951. The molecule has 0 unspecified atom stereocenters. The maximum atomic E-state index is 12.4. The van der Waals surface area contributed by atoms with Crippen LogP contribution in [0.15, 0.2) is 54.6 Å². The molecular weight excluding hydrogens is 334 g/mol. The summed E-state index contributed by atoms with van der Waals surface area (Å²) in [7, 11) is 0. The number of rotatable bonds is 8. The van der Waals surface area contributed by atoms with Gasteiger partial charge in [0, 0.05) is 11.3 Å². The molecule has 0 radical (unpaired) electrons. The first-order valence-electron chi connectivity index (χ1n) is 10.3. The molecule has 27 heavy (non-hydrogen) atoms. The third-order valence-corrected chi connectivity index (χ3v) is 5.43. The van der Waals surface area contributed by atoms with Gasteiger partial charge >= 0.3 is 0 Å². The summed E-state index contributed by atoms with van der Waals surface area (Å²) in [5, 5.41) is 3.06. The Hall–Kier alpha value is -2.17. The number of carbonyl (C=O) groups excluding carboxylic acids is 1. The fourth-order valence-corrected chi connectivity index (χ4v) is 3.76. The zero-order valence-corrected chi connectivity index (χ0v) is 16.5. The lowest BCUT2D eigenvalue weighted by atomic mass is 10.1. The lowest BCUT2D eigenvalue weighted by molar-refractivity contribution is -1.02. The van der Waals surface area contributed by atoms with Gasteiger partial charge in [-0.25, -0.2) is 0 Å². The van der Waals surface area contributed by atoms with Crippen molar-refractivity contribution in [1.82, 2.24) is 0 Å². The van der Waals surface area contributed by atoms with Gasteiger partial charge in [0.05, 0.1) is 0 Å². The van der Waals surface area contributed by atoms with Crippen LogP contribution in [0.3, 0.4) is 0 Å². The Labute approximate surface area is 163 Å². The maximum Gasteiger partial charge on any atom is 0.279 e. The van der Waals surface area contributed by atoms with Crippen LogP contribution < -0.4 is 15.1 Å². The van der Waals surface area contributed by atoms with Gasteiger partial charge in [0.15, 0.2) is 6.54 Å². The number of nitrogens with one attached hydrogen (secondary N) is 3. The van der Waals surface area contributed by atoms with Crippen LogP contribution >= 0.6 is 0 Å². The van der Waals surface area contributed by atoms with E-state index in [1.54, 1.807) is 4.90 Å². The van der Waals surface area contributed by atoms with Crippen molar-refractivity contribution in [2.45, 2.75) is 32.7 Å². The molecule has 4 heteroatoms. The second-order valence-corrected chi connectivity index (χ2v) is 7.69. The van der Waals surface area contributed by atoms with Gasteiger partial charge in [0.2, 0.25) is 0 Å². The summed E-state index contributed by atoms with van der Waals surface area (Å²) < 4.78 is 0. The first-order valence-corrected chi connectivity index (χ1v) is 10.3. The van der Waals surface area contributed by atoms with E-state index < -0.39 is 0 Å². The molecule has 0 aliphatic carbocycles. The van der Waals surface area contributed by atoms with E-state index >= 15 is 0 Å². The Bertz CT molecular complexity index is 691. The molecule has 2 aromatic rings. The lowest BCUT2D eigenvalue weighted by Gasteiger charge is -2.29. The van der Waals surface area contributed by atoms with Gasteiger partial charge in [-0.2, -0.15) is 0 Å². The lowest BCUT2D eigenvalue weighted by Crippen LogP contribution is -3.28.